The quantitative estimate of drug-likeness (QED) is 0.884. The molecule has 1 aromatic carbocycles. The summed E-state index contributed by atoms with van der Waals surface area (Å²) in [6, 6.07) is 4.99. The van der Waals surface area contributed by atoms with Gasteiger partial charge in [-0.3, -0.25) is 0 Å². The summed E-state index contributed by atoms with van der Waals surface area (Å²) in [7, 11) is 1.52. The molecule has 0 saturated carbocycles. The van der Waals surface area contributed by atoms with E-state index in [0.717, 1.165) is 0 Å². The van der Waals surface area contributed by atoms with Gasteiger partial charge >= 0.3 is 6.09 Å². The number of methoxy groups -OCH3 is 1. The van der Waals surface area contributed by atoms with Crippen LogP contribution in [0, 0.1) is 0 Å². The fourth-order valence-corrected chi connectivity index (χ4v) is 2.17. The normalized spacial score (nSPS) is 13.5. The summed E-state index contributed by atoms with van der Waals surface area (Å²) in [5, 5.41) is 13.6. The van der Waals surface area contributed by atoms with Gasteiger partial charge in [-0.25, -0.2) is 4.79 Å². The Hall–Kier alpha value is -1.46. The molecule has 1 aromatic rings. The highest BCUT2D eigenvalue weighted by molar-refractivity contribution is 6.32. The second kappa shape index (κ2) is 6.75. The van der Waals surface area contributed by atoms with Gasteiger partial charge in [0.05, 0.1) is 17.7 Å². The molecule has 0 aliphatic carbocycles. The molecule has 0 fully saturated rings. The minimum Gasteiger partial charge on any atom is -0.495 e. The molecule has 2 N–H and O–H groups in total. The first-order valence-electron chi connectivity index (χ1n) is 6.99. The summed E-state index contributed by atoms with van der Waals surface area (Å²) in [4.78, 5) is 11.9. The third kappa shape index (κ3) is 5.07. The summed E-state index contributed by atoms with van der Waals surface area (Å²) in [5.74, 6) is 0.524. The Kier molecular flexibility index (Phi) is 5.70. The van der Waals surface area contributed by atoms with Crippen LogP contribution in [0.25, 0.3) is 0 Å². The number of nitrogens with one attached hydrogen (secondary N) is 1. The van der Waals surface area contributed by atoms with E-state index in [-0.39, 0.29) is 0 Å². The Morgan fingerprint density at radius 3 is 2.32 bits per heavy atom. The molecule has 5 nitrogen and oxygen atoms in total. The molecule has 0 heterocycles. The number of rotatable bonds is 4. The van der Waals surface area contributed by atoms with Crippen LogP contribution in [0.3, 0.4) is 0 Å². The fourth-order valence-electron chi connectivity index (χ4n) is 1.90. The van der Waals surface area contributed by atoms with E-state index in [1.54, 1.807) is 52.8 Å². The molecule has 0 bridgehead atoms. The zero-order valence-corrected chi connectivity index (χ0v) is 14.6. The molecule has 0 saturated heterocycles. The van der Waals surface area contributed by atoms with Gasteiger partial charge in [0, 0.05) is 0 Å². The number of hydrogen-bond donors (Lipinski definition) is 2. The molecular weight excluding hydrogens is 306 g/mol. The first kappa shape index (κ1) is 18.6. The Balaban J connectivity index is 2.88. The van der Waals surface area contributed by atoms with Crippen LogP contribution in [-0.2, 0) is 4.74 Å². The lowest BCUT2D eigenvalue weighted by molar-refractivity contribution is 0.0291. The SMILES string of the molecule is COc1ccc(C(O)C(C)(C)NC(=O)OC(C)(C)C)cc1Cl. The van der Waals surface area contributed by atoms with Crippen molar-refractivity contribution in [2.45, 2.75) is 51.9 Å². The highest BCUT2D eigenvalue weighted by Gasteiger charge is 2.33. The maximum atomic E-state index is 11.9. The zero-order valence-electron chi connectivity index (χ0n) is 13.9. The number of benzene rings is 1. The average molecular weight is 330 g/mol. The van der Waals surface area contributed by atoms with Crippen LogP contribution >= 0.6 is 11.6 Å². The Morgan fingerprint density at radius 1 is 1.27 bits per heavy atom. The number of ether oxygens (including phenoxy) is 2. The van der Waals surface area contributed by atoms with Gasteiger partial charge in [0.25, 0.3) is 0 Å². The average Bonchev–Trinajstić information content (AvgIpc) is 2.34. The lowest BCUT2D eigenvalue weighted by Gasteiger charge is -2.33. The second-order valence-corrected chi connectivity index (χ2v) is 7.05. The van der Waals surface area contributed by atoms with Crippen molar-refractivity contribution in [1.82, 2.24) is 5.32 Å². The smallest absolute Gasteiger partial charge is 0.408 e. The minimum atomic E-state index is -0.955. The van der Waals surface area contributed by atoms with E-state index in [1.165, 1.54) is 7.11 Å². The highest BCUT2D eigenvalue weighted by Crippen LogP contribution is 2.32. The molecule has 124 valence electrons. The Morgan fingerprint density at radius 2 is 1.86 bits per heavy atom. The van der Waals surface area contributed by atoms with Gasteiger partial charge < -0.3 is 19.9 Å². The maximum absolute atomic E-state index is 11.9. The Bertz CT molecular complexity index is 537. The molecule has 1 rings (SSSR count). The standard InChI is InChI=1S/C16H24ClNO4/c1-15(2,3)22-14(20)18-16(4,5)13(19)10-7-8-12(21-6)11(17)9-10/h7-9,13,19H,1-6H3,(H,18,20). The van der Waals surface area contributed by atoms with E-state index < -0.39 is 23.3 Å². The number of carbonyl (C=O) groups excluding carboxylic acids is 1. The van der Waals surface area contributed by atoms with E-state index in [2.05, 4.69) is 5.32 Å². The molecule has 0 aliphatic rings. The van der Waals surface area contributed by atoms with Crippen molar-refractivity contribution in [3.63, 3.8) is 0 Å². The molecule has 1 unspecified atom stereocenters. The van der Waals surface area contributed by atoms with Gasteiger partial charge in [-0.2, -0.15) is 0 Å². The number of amides is 1. The third-order valence-electron chi connectivity index (χ3n) is 3.00. The highest BCUT2D eigenvalue weighted by atomic mass is 35.5. The summed E-state index contributed by atoms with van der Waals surface area (Å²) in [5.41, 5.74) is -0.957. The van der Waals surface area contributed by atoms with Crippen molar-refractivity contribution in [3.8, 4) is 5.75 Å². The number of carbonyl (C=O) groups is 1. The van der Waals surface area contributed by atoms with Gasteiger partial charge in [-0.15, -0.1) is 0 Å². The zero-order chi connectivity index (χ0) is 17.1. The molecule has 0 aromatic heterocycles. The van der Waals surface area contributed by atoms with Crippen LogP contribution in [0.2, 0.25) is 5.02 Å². The molecule has 1 amide bonds. The van der Waals surface area contributed by atoms with E-state index in [4.69, 9.17) is 21.1 Å². The largest absolute Gasteiger partial charge is 0.495 e. The van der Waals surface area contributed by atoms with Gasteiger partial charge in [-0.05, 0) is 52.3 Å². The van der Waals surface area contributed by atoms with Gasteiger partial charge in [0.1, 0.15) is 17.5 Å². The molecule has 6 heteroatoms. The lowest BCUT2D eigenvalue weighted by atomic mass is 9.91. The van der Waals surface area contributed by atoms with Gasteiger partial charge in [0.2, 0.25) is 0 Å². The van der Waals surface area contributed by atoms with Crippen LogP contribution in [0.15, 0.2) is 18.2 Å². The Labute approximate surface area is 136 Å². The van der Waals surface area contributed by atoms with Crippen LogP contribution in [-0.4, -0.2) is 29.4 Å². The van der Waals surface area contributed by atoms with Crippen LogP contribution in [0.1, 0.15) is 46.3 Å². The van der Waals surface area contributed by atoms with Crippen LogP contribution in [0.5, 0.6) is 5.75 Å². The molecular formula is C16H24ClNO4. The van der Waals surface area contributed by atoms with E-state index >= 15 is 0 Å². The van der Waals surface area contributed by atoms with Crippen molar-refractivity contribution < 1.29 is 19.4 Å². The number of alkyl carbamates (subject to hydrolysis) is 1. The number of aliphatic hydroxyl groups is 1. The summed E-state index contributed by atoms with van der Waals surface area (Å²) < 4.78 is 10.3. The summed E-state index contributed by atoms with van der Waals surface area (Å²) in [6.07, 6.45) is -1.54. The van der Waals surface area contributed by atoms with Crippen molar-refractivity contribution >= 4 is 17.7 Å². The van der Waals surface area contributed by atoms with Gasteiger partial charge in [-0.1, -0.05) is 17.7 Å². The van der Waals surface area contributed by atoms with E-state index in [1.807, 2.05) is 0 Å². The van der Waals surface area contributed by atoms with E-state index in [9.17, 15) is 9.90 Å². The van der Waals surface area contributed by atoms with Crippen LogP contribution < -0.4 is 10.1 Å². The first-order chi connectivity index (χ1) is 9.96. The fraction of sp³-hybridized carbons (Fsp3) is 0.562. The second-order valence-electron chi connectivity index (χ2n) is 6.65. The summed E-state index contributed by atoms with van der Waals surface area (Å²) in [6.45, 7) is 8.75. The molecule has 0 spiro atoms. The monoisotopic (exact) mass is 329 g/mol. The lowest BCUT2D eigenvalue weighted by Crippen LogP contribution is -2.49. The van der Waals surface area contributed by atoms with E-state index in [0.29, 0.717) is 16.3 Å². The molecule has 1 atom stereocenters. The van der Waals surface area contributed by atoms with Crippen molar-refractivity contribution in [3.05, 3.63) is 28.8 Å². The predicted molar refractivity (Wildman–Crippen MR) is 86.4 cm³/mol. The first-order valence-corrected chi connectivity index (χ1v) is 7.37. The number of halogens is 1. The molecule has 0 aliphatic heterocycles. The van der Waals surface area contributed by atoms with Crippen molar-refractivity contribution in [2.24, 2.45) is 0 Å². The number of aliphatic hydroxyl groups excluding tert-OH is 1. The third-order valence-corrected chi connectivity index (χ3v) is 3.29. The summed E-state index contributed by atoms with van der Waals surface area (Å²) >= 11 is 6.07. The minimum absolute atomic E-state index is 0.395. The number of hydrogen-bond acceptors (Lipinski definition) is 4. The molecule has 22 heavy (non-hydrogen) atoms. The van der Waals surface area contributed by atoms with Crippen LogP contribution in [0.4, 0.5) is 4.79 Å². The maximum Gasteiger partial charge on any atom is 0.408 e. The topological polar surface area (TPSA) is 67.8 Å². The van der Waals surface area contributed by atoms with Crippen molar-refractivity contribution in [1.29, 1.82) is 0 Å². The van der Waals surface area contributed by atoms with Crippen molar-refractivity contribution in [2.75, 3.05) is 7.11 Å². The molecule has 0 radical (unpaired) electrons. The van der Waals surface area contributed by atoms with Gasteiger partial charge in [0.15, 0.2) is 0 Å². The predicted octanol–water partition coefficient (Wildman–Crippen LogP) is 3.69.